The first-order valence-corrected chi connectivity index (χ1v) is 20.7. The summed E-state index contributed by atoms with van der Waals surface area (Å²) in [6, 6.07) is 16.0. The van der Waals surface area contributed by atoms with Crippen molar-refractivity contribution in [3.8, 4) is 0 Å². The molecule has 5 aliphatic carbocycles. The Hall–Kier alpha value is -2.98. The highest BCUT2D eigenvalue weighted by Gasteiger charge is 2.52. The van der Waals surface area contributed by atoms with Gasteiger partial charge >= 0.3 is 6.03 Å². The lowest BCUT2D eigenvalue weighted by molar-refractivity contribution is -0.278. The highest BCUT2D eigenvalue weighted by atomic mass is 16.7. The average molecular weight is 727 g/mol. The Bertz CT molecular complexity index is 1590. The van der Waals surface area contributed by atoms with Crippen LogP contribution in [0.2, 0.25) is 0 Å². The molecule has 288 valence electrons. The molecule has 4 bridgehead atoms. The van der Waals surface area contributed by atoms with E-state index in [0.29, 0.717) is 18.5 Å². The number of aliphatic hydroxyl groups excluding tert-OH is 1. The van der Waals surface area contributed by atoms with Gasteiger partial charge < -0.3 is 30.5 Å². The van der Waals surface area contributed by atoms with Gasteiger partial charge in [0.1, 0.15) is 0 Å². The maximum Gasteiger partial charge on any atom is 0.319 e. The minimum atomic E-state index is -0.666. The predicted molar refractivity (Wildman–Crippen MR) is 206 cm³/mol. The van der Waals surface area contributed by atoms with Gasteiger partial charge in [0.2, 0.25) is 5.91 Å². The van der Waals surface area contributed by atoms with Crippen LogP contribution in [-0.4, -0.2) is 57.8 Å². The second-order valence-corrected chi connectivity index (χ2v) is 18.9. The molecule has 9 nitrogen and oxygen atoms in total. The molecule has 7 fully saturated rings. The molecule has 0 radical (unpaired) electrons. The maximum absolute atomic E-state index is 13.9. The summed E-state index contributed by atoms with van der Waals surface area (Å²) in [6.07, 6.45) is 12.9. The van der Waals surface area contributed by atoms with E-state index in [0.717, 1.165) is 78.7 Å². The van der Waals surface area contributed by atoms with Gasteiger partial charge in [-0.05, 0) is 132 Å². The van der Waals surface area contributed by atoms with Gasteiger partial charge in [-0.1, -0.05) is 56.2 Å². The Morgan fingerprint density at radius 2 is 1.58 bits per heavy atom. The van der Waals surface area contributed by atoms with Crippen LogP contribution in [-0.2, 0) is 20.9 Å². The average Bonchev–Trinajstić information content (AvgIpc) is 3.11. The van der Waals surface area contributed by atoms with E-state index >= 15 is 0 Å². The minimum absolute atomic E-state index is 0.00566. The van der Waals surface area contributed by atoms with Gasteiger partial charge in [0.05, 0.1) is 24.9 Å². The number of benzene rings is 2. The van der Waals surface area contributed by atoms with Crippen LogP contribution in [0, 0.1) is 29.6 Å². The Morgan fingerprint density at radius 1 is 0.887 bits per heavy atom. The zero-order chi connectivity index (χ0) is 36.9. The van der Waals surface area contributed by atoms with Crippen molar-refractivity contribution in [2.75, 3.05) is 11.9 Å². The Kier molecular flexibility index (Phi) is 10.4. The first-order valence-electron chi connectivity index (χ1n) is 20.7. The van der Waals surface area contributed by atoms with Gasteiger partial charge in [-0.2, -0.15) is 0 Å². The number of piperidine rings is 1. The van der Waals surface area contributed by atoms with Crippen LogP contribution in [0.5, 0.6) is 0 Å². The van der Waals surface area contributed by atoms with Crippen molar-refractivity contribution >= 4 is 17.6 Å². The number of aliphatic hydroxyl groups is 1. The van der Waals surface area contributed by atoms with Gasteiger partial charge in [0.15, 0.2) is 6.29 Å². The number of nitrogens with one attached hydrogen (secondary N) is 3. The highest BCUT2D eigenvalue weighted by molar-refractivity contribution is 5.90. The Labute approximate surface area is 316 Å². The van der Waals surface area contributed by atoms with E-state index in [1.807, 2.05) is 36.4 Å². The van der Waals surface area contributed by atoms with Crippen molar-refractivity contribution in [3.63, 3.8) is 0 Å². The predicted octanol–water partition coefficient (Wildman–Crippen LogP) is 8.00. The molecule has 7 aliphatic rings. The van der Waals surface area contributed by atoms with Crippen molar-refractivity contribution < 1.29 is 24.2 Å². The first kappa shape index (κ1) is 37.0. The van der Waals surface area contributed by atoms with E-state index in [1.165, 1.54) is 38.5 Å². The number of rotatable bonds is 8. The number of likely N-dealkylation sites (tertiary alicyclic amines) is 1. The monoisotopic (exact) mass is 726 g/mol. The van der Waals surface area contributed by atoms with Crippen LogP contribution in [0.4, 0.5) is 10.5 Å². The molecular formula is C44H62N4O5. The number of carbonyl (C=O) groups excluding carboxylic acids is 2. The number of anilines is 1. The molecule has 0 spiro atoms. The van der Waals surface area contributed by atoms with Crippen molar-refractivity contribution in [3.05, 3.63) is 65.2 Å². The normalized spacial score (nSPS) is 36.8. The van der Waals surface area contributed by atoms with Crippen molar-refractivity contribution in [2.24, 2.45) is 29.6 Å². The van der Waals surface area contributed by atoms with Gasteiger partial charge in [-0.25, -0.2) is 4.79 Å². The molecule has 2 aliphatic heterocycles. The quantitative estimate of drug-likeness (QED) is 0.220. The van der Waals surface area contributed by atoms with E-state index in [9.17, 15) is 14.7 Å². The summed E-state index contributed by atoms with van der Waals surface area (Å²) in [5.74, 6) is 2.97. The van der Waals surface area contributed by atoms with Gasteiger partial charge in [0, 0.05) is 40.8 Å². The molecule has 2 heterocycles. The SMILES string of the molecule is C[C@@H]1[C@H](CN2[C@@H](C(=O)NC(C)(C)C)CC[C@H]3CCCC[C@H]32)O[C@H](c2cccc(NC(=O)NC34CC5CC(CC(C5)C3)C4)c2)O[C@@H]1c1ccc(CO)cc1. The molecule has 2 saturated heterocycles. The van der Waals surface area contributed by atoms with E-state index in [2.05, 4.69) is 60.7 Å². The number of ether oxygens (including phenoxy) is 2. The van der Waals surface area contributed by atoms with Crippen LogP contribution < -0.4 is 16.0 Å². The maximum atomic E-state index is 13.9. The molecule has 5 saturated carbocycles. The molecule has 2 aromatic carbocycles. The lowest BCUT2D eigenvalue weighted by atomic mass is 9.53. The third-order valence-corrected chi connectivity index (χ3v) is 13.7. The van der Waals surface area contributed by atoms with E-state index in [-0.39, 0.29) is 53.8 Å². The van der Waals surface area contributed by atoms with Crippen LogP contribution in [0.1, 0.15) is 134 Å². The number of fused-ring (bicyclic) bond motifs is 1. The number of amides is 3. The van der Waals surface area contributed by atoms with Gasteiger partial charge in [-0.3, -0.25) is 9.69 Å². The molecule has 9 rings (SSSR count). The van der Waals surface area contributed by atoms with Crippen LogP contribution in [0.25, 0.3) is 0 Å². The summed E-state index contributed by atoms with van der Waals surface area (Å²) in [6.45, 7) is 8.99. The molecule has 4 N–H and O–H groups in total. The summed E-state index contributed by atoms with van der Waals surface area (Å²) in [7, 11) is 0. The topological polar surface area (TPSA) is 112 Å². The van der Waals surface area contributed by atoms with E-state index in [4.69, 9.17) is 9.47 Å². The smallest absolute Gasteiger partial charge is 0.319 e. The number of urea groups is 1. The molecule has 7 atom stereocenters. The number of hydrogen-bond donors (Lipinski definition) is 4. The lowest BCUT2D eigenvalue weighted by Crippen LogP contribution is -2.61. The Balaban J connectivity index is 1.04. The zero-order valence-electron chi connectivity index (χ0n) is 32.3. The van der Waals surface area contributed by atoms with E-state index < -0.39 is 6.29 Å². The molecule has 3 amide bonds. The molecule has 2 aromatic rings. The fourth-order valence-electron chi connectivity index (χ4n) is 11.7. The van der Waals surface area contributed by atoms with Gasteiger partial charge in [0.25, 0.3) is 0 Å². The Morgan fingerprint density at radius 3 is 2.26 bits per heavy atom. The highest BCUT2D eigenvalue weighted by Crippen LogP contribution is 2.55. The summed E-state index contributed by atoms with van der Waals surface area (Å²) >= 11 is 0. The second kappa shape index (κ2) is 14.9. The summed E-state index contributed by atoms with van der Waals surface area (Å²) < 4.78 is 13.8. The molecule has 9 heteroatoms. The minimum Gasteiger partial charge on any atom is -0.392 e. The van der Waals surface area contributed by atoms with Crippen molar-refractivity contribution in [2.45, 2.75) is 153 Å². The van der Waals surface area contributed by atoms with Crippen molar-refractivity contribution in [1.29, 1.82) is 0 Å². The van der Waals surface area contributed by atoms with E-state index in [1.54, 1.807) is 0 Å². The fourth-order valence-corrected chi connectivity index (χ4v) is 11.7. The largest absolute Gasteiger partial charge is 0.392 e. The first-order chi connectivity index (χ1) is 25.4. The fraction of sp³-hybridized carbons (Fsp3) is 0.682. The number of carbonyl (C=O) groups is 2. The van der Waals surface area contributed by atoms with Crippen LogP contribution >= 0.6 is 0 Å². The molecular weight excluding hydrogens is 665 g/mol. The zero-order valence-corrected chi connectivity index (χ0v) is 32.3. The third kappa shape index (κ3) is 8.05. The molecule has 0 unspecified atom stereocenters. The standard InChI is InChI=1S/C44H62N4O5/c1-27-38(25-48-36-11-6-5-8-32(36)16-17-37(48)40(50)46-43(2,3)4)52-41(53-39(27)33-14-12-28(26-49)13-15-33)34-9-7-10-35(21-34)45-42(51)47-44-22-29-18-30(23-44)20-31(19-29)24-44/h7,9-10,12-15,21,27,29-32,36-39,41,49H,5-6,8,11,16-20,22-26H2,1-4H3,(H,46,50)(H2,45,47,51)/t27-,29?,30?,31?,32-,36-,37-,38+,39+,41+,44?/m1/s1. The molecule has 53 heavy (non-hydrogen) atoms. The third-order valence-electron chi connectivity index (χ3n) is 13.7. The van der Waals surface area contributed by atoms with Crippen LogP contribution in [0.3, 0.4) is 0 Å². The summed E-state index contributed by atoms with van der Waals surface area (Å²) in [5, 5.41) is 19.7. The number of hydrogen-bond acceptors (Lipinski definition) is 6. The summed E-state index contributed by atoms with van der Waals surface area (Å²) in [5.41, 5.74) is 3.09. The van der Waals surface area contributed by atoms with Crippen molar-refractivity contribution in [1.82, 2.24) is 15.5 Å². The summed E-state index contributed by atoms with van der Waals surface area (Å²) in [4.78, 5) is 29.9. The number of nitrogens with zero attached hydrogens (tertiary/aromatic N) is 1. The molecule has 0 aromatic heterocycles. The van der Waals surface area contributed by atoms with Crippen LogP contribution in [0.15, 0.2) is 48.5 Å². The van der Waals surface area contributed by atoms with Gasteiger partial charge in [-0.15, -0.1) is 0 Å². The lowest BCUT2D eigenvalue weighted by Gasteiger charge is -2.56. The second-order valence-electron chi connectivity index (χ2n) is 18.9.